The fraction of sp³-hybridized carbons (Fsp3) is 0.625. The molecular formula is C16H25N3O2. The monoisotopic (exact) mass is 291 g/mol. The van der Waals surface area contributed by atoms with E-state index >= 15 is 0 Å². The minimum absolute atomic E-state index is 0.0865. The normalized spacial score (nSPS) is 22.4. The second-order valence-corrected chi connectivity index (χ2v) is 6.61. The van der Waals surface area contributed by atoms with E-state index in [1.807, 2.05) is 39.0 Å². The Hall–Kier alpha value is -1.78. The van der Waals surface area contributed by atoms with E-state index in [0.29, 0.717) is 5.88 Å². The molecule has 2 rings (SSSR count). The highest BCUT2D eigenvalue weighted by Crippen LogP contribution is 2.22. The predicted molar refractivity (Wildman–Crippen MR) is 82.3 cm³/mol. The molecule has 1 aromatic heterocycles. The molecule has 2 N–H and O–H groups in total. The number of urea groups is 1. The topological polar surface area (TPSA) is 63.2 Å². The zero-order valence-electron chi connectivity index (χ0n) is 13.1. The SMILES string of the molecule is CC(C)(C)NC(=O)NC1CCC(Oc2ccccn2)CC1. The molecule has 0 spiro atoms. The Morgan fingerprint density at radius 1 is 1.24 bits per heavy atom. The number of nitrogens with one attached hydrogen (secondary N) is 2. The fourth-order valence-electron chi connectivity index (χ4n) is 2.47. The van der Waals surface area contributed by atoms with Gasteiger partial charge >= 0.3 is 6.03 Å². The summed E-state index contributed by atoms with van der Waals surface area (Å²) >= 11 is 0. The Labute approximate surface area is 126 Å². The van der Waals surface area contributed by atoms with Crippen molar-refractivity contribution in [3.63, 3.8) is 0 Å². The van der Waals surface area contributed by atoms with Crippen LogP contribution in [0, 0.1) is 0 Å². The molecule has 1 heterocycles. The number of carbonyl (C=O) groups is 1. The number of ether oxygens (including phenoxy) is 1. The van der Waals surface area contributed by atoms with E-state index < -0.39 is 0 Å². The number of aromatic nitrogens is 1. The Morgan fingerprint density at radius 2 is 1.95 bits per heavy atom. The number of hydrogen-bond acceptors (Lipinski definition) is 3. The van der Waals surface area contributed by atoms with Crippen molar-refractivity contribution in [1.29, 1.82) is 0 Å². The first-order chi connectivity index (χ1) is 9.92. The molecular weight excluding hydrogens is 266 g/mol. The fourth-order valence-corrected chi connectivity index (χ4v) is 2.47. The van der Waals surface area contributed by atoms with Gasteiger partial charge in [-0.25, -0.2) is 9.78 Å². The van der Waals surface area contributed by atoms with Crippen molar-refractivity contribution in [2.45, 2.75) is 64.1 Å². The molecule has 116 valence electrons. The van der Waals surface area contributed by atoms with Crippen molar-refractivity contribution in [2.24, 2.45) is 0 Å². The summed E-state index contributed by atoms with van der Waals surface area (Å²) < 4.78 is 5.85. The lowest BCUT2D eigenvalue weighted by molar-refractivity contribution is 0.134. The lowest BCUT2D eigenvalue weighted by atomic mass is 9.93. The number of hydrogen-bond donors (Lipinski definition) is 2. The molecule has 1 saturated carbocycles. The third-order valence-corrected chi connectivity index (χ3v) is 3.42. The lowest BCUT2D eigenvalue weighted by Gasteiger charge is -2.30. The highest BCUT2D eigenvalue weighted by atomic mass is 16.5. The first-order valence-corrected chi connectivity index (χ1v) is 7.59. The van der Waals surface area contributed by atoms with E-state index in [0.717, 1.165) is 25.7 Å². The van der Waals surface area contributed by atoms with Gasteiger partial charge in [0.05, 0.1) is 0 Å². The Kier molecular flexibility index (Phi) is 5.04. The number of pyridine rings is 1. The molecule has 1 aromatic rings. The molecule has 1 fully saturated rings. The van der Waals surface area contributed by atoms with Crippen LogP contribution in [0.1, 0.15) is 46.5 Å². The average molecular weight is 291 g/mol. The Balaban J connectivity index is 1.72. The maximum atomic E-state index is 11.8. The van der Waals surface area contributed by atoms with E-state index in [2.05, 4.69) is 15.6 Å². The van der Waals surface area contributed by atoms with E-state index in [1.165, 1.54) is 0 Å². The smallest absolute Gasteiger partial charge is 0.315 e. The van der Waals surface area contributed by atoms with Crippen LogP contribution in [0.4, 0.5) is 4.79 Å². The number of rotatable bonds is 3. The molecule has 1 aliphatic carbocycles. The van der Waals surface area contributed by atoms with Crippen molar-refractivity contribution in [2.75, 3.05) is 0 Å². The van der Waals surface area contributed by atoms with Gasteiger partial charge in [0.1, 0.15) is 6.10 Å². The van der Waals surface area contributed by atoms with Crippen molar-refractivity contribution in [3.05, 3.63) is 24.4 Å². The van der Waals surface area contributed by atoms with Crippen molar-refractivity contribution < 1.29 is 9.53 Å². The Bertz CT molecular complexity index is 448. The molecule has 1 aliphatic rings. The largest absolute Gasteiger partial charge is 0.474 e. The van der Waals surface area contributed by atoms with E-state index in [4.69, 9.17) is 4.74 Å². The lowest BCUT2D eigenvalue weighted by Crippen LogP contribution is -2.50. The third kappa shape index (κ3) is 5.61. The van der Waals surface area contributed by atoms with Gasteiger partial charge in [0, 0.05) is 23.8 Å². The van der Waals surface area contributed by atoms with Gasteiger partial charge in [0.25, 0.3) is 0 Å². The number of nitrogens with zero attached hydrogens (tertiary/aromatic N) is 1. The van der Waals surface area contributed by atoms with Gasteiger partial charge in [0.2, 0.25) is 5.88 Å². The summed E-state index contributed by atoms with van der Waals surface area (Å²) in [5.74, 6) is 0.680. The van der Waals surface area contributed by atoms with Gasteiger partial charge in [-0.2, -0.15) is 0 Å². The van der Waals surface area contributed by atoms with Crippen LogP contribution in [-0.2, 0) is 0 Å². The molecule has 0 unspecified atom stereocenters. The zero-order chi connectivity index (χ0) is 15.3. The highest BCUT2D eigenvalue weighted by molar-refractivity contribution is 5.74. The first-order valence-electron chi connectivity index (χ1n) is 7.59. The van der Waals surface area contributed by atoms with Crippen molar-refractivity contribution in [3.8, 4) is 5.88 Å². The molecule has 0 atom stereocenters. The van der Waals surface area contributed by atoms with Crippen LogP contribution in [0.5, 0.6) is 5.88 Å². The van der Waals surface area contributed by atoms with Crippen LogP contribution < -0.4 is 15.4 Å². The summed E-state index contributed by atoms with van der Waals surface area (Å²) in [6.45, 7) is 5.93. The van der Waals surface area contributed by atoms with Gasteiger partial charge in [0.15, 0.2) is 0 Å². The van der Waals surface area contributed by atoms with E-state index in [9.17, 15) is 4.79 Å². The van der Waals surface area contributed by atoms with Gasteiger partial charge < -0.3 is 15.4 Å². The predicted octanol–water partition coefficient (Wildman–Crippen LogP) is 2.87. The molecule has 2 amide bonds. The van der Waals surface area contributed by atoms with Crippen LogP contribution >= 0.6 is 0 Å². The summed E-state index contributed by atoms with van der Waals surface area (Å²) in [5.41, 5.74) is -0.205. The van der Waals surface area contributed by atoms with Gasteiger partial charge in [-0.1, -0.05) is 6.07 Å². The second kappa shape index (κ2) is 6.78. The van der Waals surface area contributed by atoms with E-state index in [1.54, 1.807) is 6.20 Å². The molecule has 0 radical (unpaired) electrons. The van der Waals surface area contributed by atoms with Crippen LogP contribution in [0.2, 0.25) is 0 Å². The van der Waals surface area contributed by atoms with Crippen molar-refractivity contribution >= 4 is 6.03 Å². The molecule has 0 saturated heterocycles. The molecule has 5 heteroatoms. The summed E-state index contributed by atoms with van der Waals surface area (Å²) in [6.07, 6.45) is 5.70. The standard InChI is InChI=1S/C16H25N3O2/c1-16(2,3)19-15(20)18-12-7-9-13(10-8-12)21-14-6-4-5-11-17-14/h4-6,11-13H,7-10H2,1-3H3,(H2,18,19,20). The minimum Gasteiger partial charge on any atom is -0.474 e. The molecule has 21 heavy (non-hydrogen) atoms. The summed E-state index contributed by atoms with van der Waals surface area (Å²) in [5, 5.41) is 5.96. The zero-order valence-corrected chi connectivity index (χ0v) is 13.1. The van der Waals surface area contributed by atoms with Gasteiger partial charge in [-0.3, -0.25) is 0 Å². The minimum atomic E-state index is -0.205. The quantitative estimate of drug-likeness (QED) is 0.900. The average Bonchev–Trinajstić information content (AvgIpc) is 2.40. The number of amides is 2. The number of carbonyl (C=O) groups excluding carboxylic acids is 1. The highest BCUT2D eigenvalue weighted by Gasteiger charge is 2.24. The van der Waals surface area contributed by atoms with Crippen molar-refractivity contribution in [1.82, 2.24) is 15.6 Å². The van der Waals surface area contributed by atoms with Crippen LogP contribution in [0.3, 0.4) is 0 Å². The van der Waals surface area contributed by atoms with Gasteiger partial charge in [-0.05, 0) is 52.5 Å². The summed E-state index contributed by atoms with van der Waals surface area (Å²) in [6, 6.07) is 5.82. The first kappa shape index (κ1) is 15.6. The molecule has 0 aliphatic heterocycles. The maximum absolute atomic E-state index is 11.8. The van der Waals surface area contributed by atoms with E-state index in [-0.39, 0.29) is 23.7 Å². The molecule has 0 aromatic carbocycles. The summed E-state index contributed by atoms with van der Waals surface area (Å²) in [4.78, 5) is 16.0. The third-order valence-electron chi connectivity index (χ3n) is 3.42. The molecule has 5 nitrogen and oxygen atoms in total. The van der Waals surface area contributed by atoms with Gasteiger partial charge in [-0.15, -0.1) is 0 Å². The second-order valence-electron chi connectivity index (χ2n) is 6.61. The summed E-state index contributed by atoms with van der Waals surface area (Å²) in [7, 11) is 0. The molecule has 0 bridgehead atoms. The Morgan fingerprint density at radius 3 is 2.52 bits per heavy atom. The van der Waals surface area contributed by atoms with Crippen LogP contribution in [-0.4, -0.2) is 28.7 Å². The van der Waals surface area contributed by atoms with Crippen LogP contribution in [0.15, 0.2) is 24.4 Å². The van der Waals surface area contributed by atoms with Crippen LogP contribution in [0.25, 0.3) is 0 Å². The maximum Gasteiger partial charge on any atom is 0.315 e.